The van der Waals surface area contributed by atoms with E-state index in [2.05, 4.69) is 55.8 Å². The summed E-state index contributed by atoms with van der Waals surface area (Å²) in [6, 6.07) is 19.7. The molecule has 0 radical (unpaired) electrons. The summed E-state index contributed by atoms with van der Waals surface area (Å²) in [6.07, 6.45) is 4.19. The molecule has 4 aromatic rings. The van der Waals surface area contributed by atoms with Gasteiger partial charge in [0.1, 0.15) is 17.5 Å². The lowest BCUT2D eigenvalue weighted by Gasteiger charge is -2.23. The Morgan fingerprint density at radius 2 is 1.90 bits per heavy atom. The zero-order chi connectivity index (χ0) is 26.9. The highest BCUT2D eigenvalue weighted by atomic mass is 16.3. The van der Waals surface area contributed by atoms with Gasteiger partial charge in [-0.1, -0.05) is 48.5 Å². The SMILES string of the molecule is CN1CCC[C@@H]1c1ccc(Nc2cc(-c3cccc(C4N=NCc5ccccc54)c3CO)nn(C)c2=O)nc1. The Morgan fingerprint density at radius 1 is 1.05 bits per heavy atom. The number of aliphatic hydroxyl groups is 1. The largest absolute Gasteiger partial charge is 0.392 e. The number of aliphatic hydroxyl groups excluding tert-OH is 1. The molecule has 0 saturated carbocycles. The van der Waals surface area contributed by atoms with Gasteiger partial charge in [-0.15, -0.1) is 0 Å². The molecule has 198 valence electrons. The van der Waals surface area contributed by atoms with Crippen molar-refractivity contribution in [3.05, 3.63) is 105 Å². The summed E-state index contributed by atoms with van der Waals surface area (Å²) in [5, 5.41) is 27.1. The van der Waals surface area contributed by atoms with Gasteiger partial charge in [-0.25, -0.2) is 9.67 Å². The standard InChI is InChI=1S/C30H31N7O2/c1-36-14-6-11-27(36)20-12-13-28(31-16-20)33-26-15-25(35-37(2)30(26)39)22-9-5-10-23(24(22)18-38)29-21-8-4-3-7-19(21)17-32-34-29/h3-5,7-10,12-13,15-16,27,29,38H,6,11,14,17-18H2,1-2H3,(H,31,33)/t27-,29?/m1/s1. The number of nitrogens with zero attached hydrogens (tertiary/aromatic N) is 6. The van der Waals surface area contributed by atoms with Crippen molar-refractivity contribution >= 4 is 11.5 Å². The zero-order valence-electron chi connectivity index (χ0n) is 22.1. The third-order valence-corrected chi connectivity index (χ3v) is 7.75. The quantitative estimate of drug-likeness (QED) is 0.374. The summed E-state index contributed by atoms with van der Waals surface area (Å²) in [5.74, 6) is 0.587. The number of aromatic nitrogens is 3. The summed E-state index contributed by atoms with van der Waals surface area (Å²) in [6.45, 7) is 1.43. The number of likely N-dealkylation sites (tertiary alicyclic amines) is 1. The number of hydrogen-bond acceptors (Lipinski definition) is 8. The van der Waals surface area contributed by atoms with E-state index in [1.165, 1.54) is 16.7 Å². The van der Waals surface area contributed by atoms with Gasteiger partial charge in [-0.3, -0.25) is 9.69 Å². The summed E-state index contributed by atoms with van der Waals surface area (Å²) in [7, 11) is 3.76. The molecule has 39 heavy (non-hydrogen) atoms. The van der Waals surface area contributed by atoms with E-state index in [1.807, 2.05) is 42.6 Å². The number of pyridine rings is 1. The normalized spacial score (nSPS) is 18.7. The first-order chi connectivity index (χ1) is 19.0. The number of aryl methyl sites for hydroxylation is 1. The molecule has 0 aliphatic carbocycles. The molecule has 2 N–H and O–H groups in total. The van der Waals surface area contributed by atoms with Gasteiger partial charge < -0.3 is 10.4 Å². The van der Waals surface area contributed by atoms with Crippen molar-refractivity contribution in [3.63, 3.8) is 0 Å². The summed E-state index contributed by atoms with van der Waals surface area (Å²) in [4.78, 5) is 19.9. The van der Waals surface area contributed by atoms with E-state index in [-0.39, 0.29) is 18.2 Å². The smallest absolute Gasteiger partial charge is 0.290 e. The van der Waals surface area contributed by atoms with Crippen LogP contribution in [0.25, 0.3) is 11.3 Å². The fraction of sp³-hybridized carbons (Fsp3) is 0.300. The molecule has 2 aromatic heterocycles. The number of benzene rings is 2. The average molecular weight is 522 g/mol. The molecule has 0 spiro atoms. The van der Waals surface area contributed by atoms with Crippen LogP contribution in [0.2, 0.25) is 0 Å². The third-order valence-electron chi connectivity index (χ3n) is 7.75. The lowest BCUT2D eigenvalue weighted by Crippen LogP contribution is -2.23. The van der Waals surface area contributed by atoms with Gasteiger partial charge in [-0.05, 0) is 66.4 Å². The summed E-state index contributed by atoms with van der Waals surface area (Å²) < 4.78 is 1.31. The van der Waals surface area contributed by atoms with Crippen molar-refractivity contribution in [1.29, 1.82) is 0 Å². The van der Waals surface area contributed by atoms with Crippen LogP contribution in [0.4, 0.5) is 11.5 Å². The predicted molar refractivity (Wildman–Crippen MR) is 150 cm³/mol. The highest BCUT2D eigenvalue weighted by molar-refractivity contribution is 5.70. The van der Waals surface area contributed by atoms with E-state index in [1.54, 1.807) is 13.1 Å². The molecule has 0 bridgehead atoms. The highest BCUT2D eigenvalue weighted by Crippen LogP contribution is 2.38. The number of nitrogens with one attached hydrogen (secondary N) is 1. The van der Waals surface area contributed by atoms with Crippen LogP contribution >= 0.6 is 0 Å². The van der Waals surface area contributed by atoms with E-state index >= 15 is 0 Å². The molecule has 1 saturated heterocycles. The molecular weight excluding hydrogens is 490 g/mol. The number of azo groups is 1. The van der Waals surface area contributed by atoms with Gasteiger partial charge in [0.15, 0.2) is 0 Å². The topological polar surface area (TPSA) is 108 Å². The Bertz CT molecular complexity index is 1600. The van der Waals surface area contributed by atoms with Crippen LogP contribution in [-0.4, -0.2) is 38.4 Å². The molecule has 2 atom stereocenters. The second-order valence-corrected chi connectivity index (χ2v) is 10.2. The van der Waals surface area contributed by atoms with E-state index in [0.29, 0.717) is 35.3 Å². The molecule has 9 heteroatoms. The fourth-order valence-electron chi connectivity index (χ4n) is 5.69. The molecular formula is C30H31N7O2. The third kappa shape index (κ3) is 4.75. The highest BCUT2D eigenvalue weighted by Gasteiger charge is 2.25. The van der Waals surface area contributed by atoms with E-state index in [9.17, 15) is 9.90 Å². The van der Waals surface area contributed by atoms with Gasteiger partial charge in [0.2, 0.25) is 0 Å². The summed E-state index contributed by atoms with van der Waals surface area (Å²) >= 11 is 0. The lowest BCUT2D eigenvalue weighted by molar-refractivity contribution is 0.280. The second-order valence-electron chi connectivity index (χ2n) is 10.2. The van der Waals surface area contributed by atoms with Gasteiger partial charge in [0, 0.05) is 24.8 Å². The van der Waals surface area contributed by atoms with Crippen LogP contribution in [0.5, 0.6) is 0 Å². The maximum Gasteiger partial charge on any atom is 0.290 e. The van der Waals surface area contributed by atoms with Gasteiger partial charge in [0.05, 0.1) is 18.8 Å². The molecule has 0 amide bonds. The fourth-order valence-corrected chi connectivity index (χ4v) is 5.69. The first kappa shape index (κ1) is 25.1. The molecule has 2 aliphatic heterocycles. The Balaban J connectivity index is 1.35. The Kier molecular flexibility index (Phi) is 6.76. The van der Waals surface area contributed by atoms with Gasteiger partial charge >= 0.3 is 0 Å². The minimum Gasteiger partial charge on any atom is -0.392 e. The minimum absolute atomic E-state index is 0.203. The lowest BCUT2D eigenvalue weighted by atomic mass is 9.88. The van der Waals surface area contributed by atoms with Crippen molar-refractivity contribution in [1.82, 2.24) is 19.7 Å². The molecule has 1 fully saturated rings. The van der Waals surface area contributed by atoms with Crippen molar-refractivity contribution in [2.24, 2.45) is 17.3 Å². The van der Waals surface area contributed by atoms with Crippen LogP contribution in [0, 0.1) is 0 Å². The van der Waals surface area contributed by atoms with Crippen LogP contribution in [0.3, 0.4) is 0 Å². The Hall–Kier alpha value is -4.21. The maximum atomic E-state index is 13.0. The molecule has 9 nitrogen and oxygen atoms in total. The number of rotatable bonds is 6. The van der Waals surface area contributed by atoms with Crippen LogP contribution in [0.1, 0.15) is 52.7 Å². The van der Waals surface area contributed by atoms with Crippen LogP contribution in [-0.2, 0) is 20.2 Å². The average Bonchev–Trinajstić information content (AvgIpc) is 3.40. The second kappa shape index (κ2) is 10.5. The number of fused-ring (bicyclic) bond motifs is 1. The molecule has 1 unspecified atom stereocenters. The van der Waals surface area contributed by atoms with Crippen LogP contribution in [0.15, 0.2) is 81.9 Å². The Labute approximate surface area is 226 Å². The molecule has 2 aromatic carbocycles. The van der Waals surface area contributed by atoms with E-state index in [0.717, 1.165) is 35.2 Å². The van der Waals surface area contributed by atoms with Crippen molar-refractivity contribution < 1.29 is 5.11 Å². The molecule has 4 heterocycles. The first-order valence-corrected chi connectivity index (χ1v) is 13.2. The molecule has 6 rings (SSSR count). The van der Waals surface area contributed by atoms with Crippen molar-refractivity contribution in [2.75, 3.05) is 18.9 Å². The van der Waals surface area contributed by atoms with Crippen molar-refractivity contribution in [2.45, 2.75) is 38.1 Å². The number of anilines is 2. The zero-order valence-corrected chi connectivity index (χ0v) is 22.1. The van der Waals surface area contributed by atoms with Gasteiger partial charge in [-0.2, -0.15) is 15.3 Å². The summed E-state index contributed by atoms with van der Waals surface area (Å²) in [5.41, 5.74) is 6.34. The maximum absolute atomic E-state index is 13.0. The molecule has 2 aliphatic rings. The predicted octanol–water partition coefficient (Wildman–Crippen LogP) is 4.90. The minimum atomic E-state index is -0.316. The number of hydrogen-bond donors (Lipinski definition) is 2. The Morgan fingerprint density at radius 3 is 2.67 bits per heavy atom. The van der Waals surface area contributed by atoms with E-state index < -0.39 is 0 Å². The van der Waals surface area contributed by atoms with Gasteiger partial charge in [0.25, 0.3) is 5.56 Å². The van der Waals surface area contributed by atoms with Crippen molar-refractivity contribution in [3.8, 4) is 11.3 Å². The monoisotopic (exact) mass is 521 g/mol. The van der Waals surface area contributed by atoms with E-state index in [4.69, 9.17) is 0 Å². The first-order valence-electron chi connectivity index (χ1n) is 13.2. The van der Waals surface area contributed by atoms with Crippen LogP contribution < -0.4 is 10.9 Å².